The molecule has 4 fully saturated rings. The van der Waals surface area contributed by atoms with E-state index in [0.717, 1.165) is 68.1 Å². The number of carbonyl (C=O) groups excluding carboxylic acids is 1. The van der Waals surface area contributed by atoms with Gasteiger partial charge in [-0.3, -0.25) is 14.8 Å². The fraction of sp³-hybridized carbons (Fsp3) is 0.514. The second-order valence-electron chi connectivity index (χ2n) is 14.2. The Bertz CT molecular complexity index is 2030. The minimum atomic E-state index is -0.582. The number of benzene rings is 1. The average Bonchev–Trinajstić information content (AvgIpc) is 3.67. The SMILES string of the molecule is CN(C)C(=O)/C=C1/CN2CCC[C@@]2(COc2nc3c4c(nc(-c5c(C6CC6)c(Cl)cc6[nH]ncc56)c(F)c4n2)OC[C@@H]2COCCCN32)C1. The molecular formula is C35H38ClFN8O4. The van der Waals surface area contributed by atoms with Crippen LogP contribution in [0.3, 0.4) is 0 Å². The quantitative estimate of drug-likeness (QED) is 0.281. The summed E-state index contributed by atoms with van der Waals surface area (Å²) < 4.78 is 36.1. The Morgan fingerprint density at radius 1 is 1.22 bits per heavy atom. The molecule has 5 aliphatic rings. The summed E-state index contributed by atoms with van der Waals surface area (Å²) >= 11 is 6.86. The van der Waals surface area contributed by atoms with Gasteiger partial charge < -0.3 is 24.0 Å². The molecule has 3 aromatic heterocycles. The number of aromatic amines is 1. The maximum atomic E-state index is 17.3. The van der Waals surface area contributed by atoms with Gasteiger partial charge in [0.1, 0.15) is 35.6 Å². The van der Waals surface area contributed by atoms with Crippen LogP contribution in [0.5, 0.6) is 11.9 Å². The zero-order valence-corrected chi connectivity index (χ0v) is 28.4. The van der Waals surface area contributed by atoms with E-state index in [0.29, 0.717) is 60.3 Å². The Kier molecular flexibility index (Phi) is 7.44. The van der Waals surface area contributed by atoms with E-state index in [1.807, 2.05) is 6.07 Å². The topological polar surface area (TPSA) is 122 Å². The average molecular weight is 689 g/mol. The first kappa shape index (κ1) is 30.9. The van der Waals surface area contributed by atoms with Gasteiger partial charge in [0.2, 0.25) is 11.8 Å². The molecule has 9 rings (SSSR count). The predicted molar refractivity (Wildman–Crippen MR) is 182 cm³/mol. The van der Waals surface area contributed by atoms with Crippen molar-refractivity contribution in [3.05, 3.63) is 40.3 Å². The molecule has 4 aromatic rings. The number of amides is 1. The third-order valence-electron chi connectivity index (χ3n) is 10.7. The van der Waals surface area contributed by atoms with Gasteiger partial charge in [0.25, 0.3) is 0 Å². The number of ether oxygens (including phenoxy) is 3. The Morgan fingerprint density at radius 2 is 2.10 bits per heavy atom. The molecule has 12 nitrogen and oxygen atoms in total. The molecule has 1 N–H and O–H groups in total. The van der Waals surface area contributed by atoms with Crippen LogP contribution in [-0.2, 0) is 9.53 Å². The normalized spacial score (nSPS) is 24.5. The fourth-order valence-corrected chi connectivity index (χ4v) is 8.50. The second-order valence-corrected chi connectivity index (χ2v) is 14.6. The van der Waals surface area contributed by atoms with Gasteiger partial charge >= 0.3 is 6.01 Å². The van der Waals surface area contributed by atoms with Gasteiger partial charge in [0.05, 0.1) is 29.9 Å². The third kappa shape index (κ3) is 5.20. The molecule has 0 radical (unpaired) electrons. The standard InChI is InChI=1S/C35H38ClFN8O4/c1-43(2)25(46)11-19-13-35(7-3-8-44(35)15-19)18-49-34-40-31-28-32(41-34)45-9-4-10-47-16-21(45)17-48-33(28)39-30(29(31)37)27-22-14-38-42-24(22)12-23(36)26(27)20-5-6-20/h11-12,14,20-21H,3-10,13,15-18H2,1-2H3,(H,38,42)/b19-11+/t21-,35-/m0/s1. The molecule has 1 amide bonds. The van der Waals surface area contributed by atoms with Crippen LogP contribution in [0.25, 0.3) is 33.1 Å². The van der Waals surface area contributed by atoms with Crippen molar-refractivity contribution in [3.8, 4) is 23.1 Å². The first-order valence-corrected chi connectivity index (χ1v) is 17.5. The second kappa shape index (κ2) is 11.8. The first-order chi connectivity index (χ1) is 23.8. The van der Waals surface area contributed by atoms with E-state index in [1.165, 1.54) is 0 Å². The van der Waals surface area contributed by atoms with Gasteiger partial charge in [-0.05, 0) is 68.2 Å². The van der Waals surface area contributed by atoms with E-state index in [1.54, 1.807) is 31.3 Å². The summed E-state index contributed by atoms with van der Waals surface area (Å²) in [6.07, 6.45) is 8.84. The number of rotatable bonds is 6. The molecule has 1 saturated carbocycles. The number of nitrogens with one attached hydrogen (secondary N) is 1. The minimum Gasteiger partial charge on any atom is -0.475 e. The number of fused-ring (bicyclic) bond motifs is 4. The number of halogens is 2. The lowest BCUT2D eigenvalue weighted by atomic mass is 9.93. The lowest BCUT2D eigenvalue weighted by Gasteiger charge is -2.31. The molecule has 256 valence electrons. The van der Waals surface area contributed by atoms with Crippen molar-refractivity contribution in [2.24, 2.45) is 0 Å². The summed E-state index contributed by atoms with van der Waals surface area (Å²) in [4.78, 5) is 33.2. The van der Waals surface area contributed by atoms with E-state index in [4.69, 9.17) is 40.8 Å². The number of pyridine rings is 1. The van der Waals surface area contributed by atoms with Crippen LogP contribution < -0.4 is 14.4 Å². The molecule has 2 atom stereocenters. The van der Waals surface area contributed by atoms with Crippen molar-refractivity contribution >= 4 is 45.1 Å². The summed E-state index contributed by atoms with van der Waals surface area (Å²) in [5, 5.41) is 8.96. The summed E-state index contributed by atoms with van der Waals surface area (Å²) in [5.41, 5.74) is 3.20. The highest BCUT2D eigenvalue weighted by molar-refractivity contribution is 6.33. The number of aromatic nitrogens is 5. The molecule has 1 aromatic carbocycles. The zero-order valence-electron chi connectivity index (χ0n) is 27.6. The lowest BCUT2D eigenvalue weighted by molar-refractivity contribution is -0.123. The number of likely N-dealkylation sites (N-methyl/N-ethyl adjacent to an activating group) is 1. The van der Waals surface area contributed by atoms with Gasteiger partial charge in [-0.2, -0.15) is 15.1 Å². The summed E-state index contributed by atoms with van der Waals surface area (Å²) in [5.74, 6) is 0.413. The maximum absolute atomic E-state index is 17.3. The van der Waals surface area contributed by atoms with Crippen LogP contribution in [0.4, 0.5) is 10.2 Å². The van der Waals surface area contributed by atoms with Crippen LogP contribution >= 0.6 is 11.6 Å². The number of hydrogen-bond donors (Lipinski definition) is 1. The molecule has 1 aliphatic carbocycles. The van der Waals surface area contributed by atoms with Crippen molar-refractivity contribution in [2.45, 2.75) is 56.0 Å². The molecule has 0 unspecified atom stereocenters. The van der Waals surface area contributed by atoms with Crippen molar-refractivity contribution in [3.63, 3.8) is 0 Å². The highest BCUT2D eigenvalue weighted by atomic mass is 35.5. The van der Waals surface area contributed by atoms with Gasteiger partial charge in [-0.1, -0.05) is 11.6 Å². The minimum absolute atomic E-state index is 0.0218. The summed E-state index contributed by atoms with van der Waals surface area (Å²) in [7, 11) is 3.52. The van der Waals surface area contributed by atoms with E-state index in [9.17, 15) is 4.79 Å². The van der Waals surface area contributed by atoms with E-state index >= 15 is 4.39 Å². The Hall–Kier alpha value is -4.07. The monoisotopic (exact) mass is 688 g/mol. The van der Waals surface area contributed by atoms with Crippen LogP contribution in [0.1, 0.15) is 50.0 Å². The predicted octanol–water partition coefficient (Wildman–Crippen LogP) is 4.86. The smallest absolute Gasteiger partial charge is 0.319 e. The van der Waals surface area contributed by atoms with Crippen molar-refractivity contribution < 1.29 is 23.4 Å². The van der Waals surface area contributed by atoms with Gasteiger partial charge in [-0.25, -0.2) is 9.37 Å². The van der Waals surface area contributed by atoms with Crippen LogP contribution in [0.15, 0.2) is 23.9 Å². The molecule has 14 heteroatoms. The Labute approximate surface area is 287 Å². The van der Waals surface area contributed by atoms with Crippen molar-refractivity contribution in [1.29, 1.82) is 0 Å². The van der Waals surface area contributed by atoms with Crippen LogP contribution in [0, 0.1) is 5.82 Å². The molecule has 7 heterocycles. The first-order valence-electron chi connectivity index (χ1n) is 17.1. The number of nitrogens with zero attached hydrogens (tertiary/aromatic N) is 7. The molecule has 4 aliphatic heterocycles. The van der Waals surface area contributed by atoms with E-state index < -0.39 is 5.82 Å². The summed E-state index contributed by atoms with van der Waals surface area (Å²) in [6.45, 7) is 3.97. The molecule has 0 bridgehead atoms. The zero-order chi connectivity index (χ0) is 33.4. The van der Waals surface area contributed by atoms with Crippen molar-refractivity contribution in [2.75, 3.05) is 65.1 Å². The van der Waals surface area contributed by atoms with Crippen LogP contribution in [0.2, 0.25) is 5.02 Å². The van der Waals surface area contributed by atoms with Crippen LogP contribution in [-0.4, -0.2) is 113 Å². The van der Waals surface area contributed by atoms with Gasteiger partial charge in [0.15, 0.2) is 5.82 Å². The molecule has 3 saturated heterocycles. The fourth-order valence-electron chi connectivity index (χ4n) is 8.15. The van der Waals surface area contributed by atoms with E-state index in [2.05, 4.69) is 20.0 Å². The number of carbonyl (C=O) groups is 1. The lowest BCUT2D eigenvalue weighted by Crippen LogP contribution is -2.43. The maximum Gasteiger partial charge on any atom is 0.319 e. The van der Waals surface area contributed by atoms with Gasteiger partial charge in [0, 0.05) is 55.8 Å². The molecular weight excluding hydrogens is 651 g/mol. The van der Waals surface area contributed by atoms with Gasteiger partial charge in [-0.15, -0.1) is 0 Å². The Balaban J connectivity index is 1.18. The largest absolute Gasteiger partial charge is 0.475 e. The molecule has 0 spiro atoms. The Morgan fingerprint density at radius 3 is 2.94 bits per heavy atom. The third-order valence-corrected chi connectivity index (χ3v) is 11.0. The highest BCUT2D eigenvalue weighted by Crippen LogP contribution is 2.51. The molecule has 49 heavy (non-hydrogen) atoms. The number of anilines is 1. The number of hydrogen-bond acceptors (Lipinski definition) is 10. The van der Waals surface area contributed by atoms with E-state index in [-0.39, 0.29) is 46.5 Å². The highest BCUT2D eigenvalue weighted by Gasteiger charge is 2.47. The number of H-pyrrole nitrogens is 1. The summed E-state index contributed by atoms with van der Waals surface area (Å²) in [6, 6.07) is 1.80. The van der Waals surface area contributed by atoms with Crippen molar-refractivity contribution in [1.82, 2.24) is 34.9 Å².